The summed E-state index contributed by atoms with van der Waals surface area (Å²) in [5, 5.41) is 9.57. The van der Waals surface area contributed by atoms with Crippen molar-refractivity contribution in [1.29, 1.82) is 0 Å². The zero-order valence-corrected chi connectivity index (χ0v) is 18.0. The maximum Gasteiger partial charge on any atom is 0.237 e. The number of nitrogens with zero attached hydrogens (tertiary/aromatic N) is 4. The number of hydrogen-bond donors (Lipinski definition) is 0. The van der Waals surface area contributed by atoms with Crippen molar-refractivity contribution in [2.75, 3.05) is 17.2 Å². The van der Waals surface area contributed by atoms with E-state index in [4.69, 9.17) is 4.42 Å². The molecule has 31 heavy (non-hydrogen) atoms. The molecule has 0 radical (unpaired) electrons. The molecule has 2 aromatic carbocycles. The highest BCUT2D eigenvalue weighted by Gasteiger charge is 2.25. The average molecular weight is 431 g/mol. The van der Waals surface area contributed by atoms with Crippen molar-refractivity contribution in [2.24, 2.45) is 0 Å². The SMILES string of the molecule is Cc1occc1-c1nnc(SCC(=O)N2CCc3ccccc32)n1Cc1ccccc1. The van der Waals surface area contributed by atoms with Crippen LogP contribution in [0.2, 0.25) is 0 Å². The molecule has 6 nitrogen and oxygen atoms in total. The van der Waals surface area contributed by atoms with Crippen molar-refractivity contribution in [1.82, 2.24) is 14.8 Å². The molecule has 156 valence electrons. The van der Waals surface area contributed by atoms with Crippen molar-refractivity contribution in [2.45, 2.75) is 25.0 Å². The normalized spacial score (nSPS) is 12.9. The number of amides is 1. The molecule has 3 heterocycles. The molecule has 0 N–H and O–H groups in total. The molecule has 1 aliphatic rings. The van der Waals surface area contributed by atoms with Gasteiger partial charge in [-0.15, -0.1) is 10.2 Å². The topological polar surface area (TPSA) is 64.2 Å². The Bertz CT molecular complexity index is 1220. The number of carbonyl (C=O) groups excluding carboxylic acids is 1. The first kappa shape index (κ1) is 19.6. The first-order valence-corrected chi connectivity index (χ1v) is 11.2. The lowest BCUT2D eigenvalue weighted by molar-refractivity contribution is -0.116. The molecule has 0 fully saturated rings. The molecule has 0 saturated heterocycles. The molecule has 0 saturated carbocycles. The van der Waals surface area contributed by atoms with Gasteiger partial charge in [-0.25, -0.2) is 0 Å². The molecule has 4 aromatic rings. The van der Waals surface area contributed by atoms with E-state index in [2.05, 4.69) is 33.0 Å². The second-order valence-electron chi connectivity index (χ2n) is 7.48. The number of aromatic nitrogens is 3. The zero-order valence-electron chi connectivity index (χ0n) is 17.2. The fourth-order valence-electron chi connectivity index (χ4n) is 3.92. The van der Waals surface area contributed by atoms with Crippen LogP contribution in [-0.4, -0.2) is 33.0 Å². The van der Waals surface area contributed by atoms with Gasteiger partial charge < -0.3 is 9.32 Å². The van der Waals surface area contributed by atoms with Crippen molar-refractivity contribution in [3.63, 3.8) is 0 Å². The number of benzene rings is 2. The summed E-state index contributed by atoms with van der Waals surface area (Å²) in [5.74, 6) is 1.94. The van der Waals surface area contributed by atoms with Gasteiger partial charge in [-0.1, -0.05) is 60.3 Å². The summed E-state index contributed by atoms with van der Waals surface area (Å²) >= 11 is 1.43. The number of fused-ring (bicyclic) bond motifs is 1. The summed E-state index contributed by atoms with van der Waals surface area (Å²) in [6, 6.07) is 20.2. The molecule has 0 bridgehead atoms. The predicted octanol–water partition coefficient (Wildman–Crippen LogP) is 4.58. The first-order chi connectivity index (χ1) is 15.2. The molecule has 1 aliphatic heterocycles. The van der Waals surface area contributed by atoms with Gasteiger partial charge in [0, 0.05) is 12.2 Å². The number of para-hydroxylation sites is 1. The van der Waals surface area contributed by atoms with Crippen LogP contribution in [0.5, 0.6) is 0 Å². The van der Waals surface area contributed by atoms with Gasteiger partial charge in [0.15, 0.2) is 11.0 Å². The molecule has 0 unspecified atom stereocenters. The number of anilines is 1. The van der Waals surface area contributed by atoms with Crippen LogP contribution in [0.15, 0.2) is 76.5 Å². The second-order valence-corrected chi connectivity index (χ2v) is 8.42. The lowest BCUT2D eigenvalue weighted by Gasteiger charge is -2.17. The van der Waals surface area contributed by atoms with E-state index in [1.807, 2.05) is 54.3 Å². The van der Waals surface area contributed by atoms with Gasteiger partial charge in [0.2, 0.25) is 5.91 Å². The van der Waals surface area contributed by atoms with Crippen LogP contribution in [0.4, 0.5) is 5.69 Å². The van der Waals surface area contributed by atoms with Crippen LogP contribution < -0.4 is 4.90 Å². The Morgan fingerprint density at radius 2 is 1.87 bits per heavy atom. The van der Waals surface area contributed by atoms with Crippen molar-refractivity contribution < 1.29 is 9.21 Å². The Hall–Kier alpha value is -3.32. The lowest BCUT2D eigenvalue weighted by Crippen LogP contribution is -2.30. The number of rotatable bonds is 6. The van der Waals surface area contributed by atoms with Gasteiger partial charge in [0.25, 0.3) is 0 Å². The number of carbonyl (C=O) groups is 1. The van der Waals surface area contributed by atoms with Crippen LogP contribution in [-0.2, 0) is 17.8 Å². The van der Waals surface area contributed by atoms with E-state index in [0.717, 1.165) is 46.5 Å². The monoisotopic (exact) mass is 430 g/mol. The Balaban J connectivity index is 1.39. The summed E-state index contributed by atoms with van der Waals surface area (Å²) in [6.45, 7) is 3.27. The average Bonchev–Trinajstić information content (AvgIpc) is 3.51. The number of hydrogen-bond acceptors (Lipinski definition) is 5. The van der Waals surface area contributed by atoms with Gasteiger partial charge in [-0.05, 0) is 36.6 Å². The van der Waals surface area contributed by atoms with Crippen molar-refractivity contribution >= 4 is 23.4 Å². The van der Waals surface area contributed by atoms with Crippen molar-refractivity contribution in [3.05, 3.63) is 83.8 Å². The van der Waals surface area contributed by atoms with Gasteiger partial charge in [0.05, 0.1) is 24.1 Å². The van der Waals surface area contributed by atoms with E-state index in [0.29, 0.717) is 12.3 Å². The van der Waals surface area contributed by atoms with Crippen LogP contribution in [0.25, 0.3) is 11.4 Å². The highest BCUT2D eigenvalue weighted by molar-refractivity contribution is 7.99. The van der Waals surface area contributed by atoms with Gasteiger partial charge >= 0.3 is 0 Å². The molecule has 2 aromatic heterocycles. The van der Waals surface area contributed by atoms with E-state index < -0.39 is 0 Å². The first-order valence-electron chi connectivity index (χ1n) is 10.2. The summed E-state index contributed by atoms with van der Waals surface area (Å²) in [5.41, 5.74) is 4.31. The van der Waals surface area contributed by atoms with Gasteiger partial charge in [-0.3, -0.25) is 9.36 Å². The molecule has 0 atom stereocenters. The zero-order chi connectivity index (χ0) is 21.2. The summed E-state index contributed by atoms with van der Waals surface area (Å²) in [4.78, 5) is 14.8. The molecular formula is C24H22N4O2S. The minimum atomic E-state index is 0.0882. The third-order valence-corrected chi connectivity index (χ3v) is 6.46. The highest BCUT2D eigenvalue weighted by Crippen LogP contribution is 2.31. The Labute approximate surface area is 184 Å². The van der Waals surface area contributed by atoms with Crippen LogP contribution >= 0.6 is 11.8 Å². The molecule has 0 aliphatic carbocycles. The minimum absolute atomic E-state index is 0.0882. The Kier molecular flexibility index (Phi) is 5.34. The van der Waals surface area contributed by atoms with E-state index in [9.17, 15) is 4.79 Å². The number of thioether (sulfide) groups is 1. The lowest BCUT2D eigenvalue weighted by atomic mass is 10.2. The van der Waals surface area contributed by atoms with Gasteiger partial charge in [-0.2, -0.15) is 0 Å². The molecule has 0 spiro atoms. The van der Waals surface area contributed by atoms with Gasteiger partial charge in [0.1, 0.15) is 5.76 Å². The fraction of sp³-hybridized carbons (Fsp3) is 0.208. The fourth-order valence-corrected chi connectivity index (χ4v) is 4.74. The molecule has 5 rings (SSSR count). The summed E-state index contributed by atoms with van der Waals surface area (Å²) < 4.78 is 7.54. The van der Waals surface area contributed by atoms with E-state index >= 15 is 0 Å². The largest absolute Gasteiger partial charge is 0.469 e. The Morgan fingerprint density at radius 3 is 2.68 bits per heavy atom. The predicted molar refractivity (Wildman–Crippen MR) is 121 cm³/mol. The maximum atomic E-state index is 13.0. The smallest absolute Gasteiger partial charge is 0.237 e. The molecule has 1 amide bonds. The Morgan fingerprint density at radius 1 is 1.06 bits per heavy atom. The van der Waals surface area contributed by atoms with Crippen LogP contribution in [0.3, 0.4) is 0 Å². The van der Waals surface area contributed by atoms with Crippen LogP contribution in [0.1, 0.15) is 16.9 Å². The third-order valence-electron chi connectivity index (χ3n) is 5.51. The third kappa shape index (κ3) is 3.88. The quantitative estimate of drug-likeness (QED) is 0.419. The number of furan rings is 1. The second kappa shape index (κ2) is 8.43. The van der Waals surface area contributed by atoms with Crippen LogP contribution in [0, 0.1) is 6.92 Å². The highest BCUT2D eigenvalue weighted by atomic mass is 32.2. The van der Waals surface area contributed by atoms with Crippen molar-refractivity contribution in [3.8, 4) is 11.4 Å². The molecular weight excluding hydrogens is 408 g/mol. The number of aryl methyl sites for hydroxylation is 1. The van der Waals surface area contributed by atoms with E-state index in [1.54, 1.807) is 6.26 Å². The maximum absolute atomic E-state index is 13.0. The summed E-state index contributed by atoms with van der Waals surface area (Å²) in [6.07, 6.45) is 2.56. The summed E-state index contributed by atoms with van der Waals surface area (Å²) in [7, 11) is 0. The molecule has 7 heteroatoms. The minimum Gasteiger partial charge on any atom is -0.469 e. The van der Waals surface area contributed by atoms with E-state index in [-0.39, 0.29) is 5.91 Å². The standard InChI is InChI=1S/C24H22N4O2S/c1-17-20(12-14-30-17)23-25-26-24(28(23)15-18-7-3-2-4-8-18)31-16-22(29)27-13-11-19-9-5-6-10-21(19)27/h2-10,12,14H,11,13,15-16H2,1H3. The van der Waals surface area contributed by atoms with E-state index in [1.165, 1.54) is 17.3 Å².